The number of nitrogens with two attached hydrogens (primary N) is 1. The van der Waals surface area contributed by atoms with Gasteiger partial charge in [0.25, 0.3) is 0 Å². The van der Waals surface area contributed by atoms with E-state index in [0.29, 0.717) is 0 Å². The minimum Gasteiger partial charge on any atom is -0.394 e. The minimum atomic E-state index is -4.81. The molecule has 0 aromatic carbocycles. The fourth-order valence-corrected chi connectivity index (χ4v) is 2.23. The molecule has 1 fully saturated rings. The van der Waals surface area contributed by atoms with E-state index >= 15 is 0 Å². The van der Waals surface area contributed by atoms with E-state index in [-0.39, 0.29) is 0 Å². The Morgan fingerprint density at radius 3 is 2.07 bits per heavy atom. The van der Waals surface area contributed by atoms with Gasteiger partial charge in [-0.1, -0.05) is 0 Å². The normalized spacial score (nSPS) is 31.3. The summed E-state index contributed by atoms with van der Waals surface area (Å²) in [5, 5.41) is 71.6. The monoisotopic (exact) mass is 439 g/mol. The van der Waals surface area contributed by atoms with Gasteiger partial charge in [0.15, 0.2) is 12.1 Å². The lowest BCUT2D eigenvalue weighted by atomic mass is 9.98. The summed E-state index contributed by atoms with van der Waals surface area (Å²) in [6.45, 7) is -2.48. The highest BCUT2D eigenvalue weighted by Crippen LogP contribution is 2.35. The lowest BCUT2D eigenvalue weighted by Crippen LogP contribution is -2.61. The molecule has 28 heavy (non-hydrogen) atoms. The lowest BCUT2D eigenvalue weighted by molar-refractivity contribution is -0.248. The van der Waals surface area contributed by atoms with Gasteiger partial charge in [0.2, 0.25) is 0 Å². The molecule has 1 rings (SSSR count). The summed E-state index contributed by atoms with van der Waals surface area (Å²) in [4.78, 5) is 27.2. The van der Waals surface area contributed by atoms with Crippen LogP contribution in [0.3, 0.4) is 0 Å². The van der Waals surface area contributed by atoms with Crippen LogP contribution in [0, 0.1) is 0 Å². The van der Waals surface area contributed by atoms with Crippen molar-refractivity contribution in [3.63, 3.8) is 0 Å². The van der Waals surface area contributed by atoms with Crippen molar-refractivity contribution in [3.8, 4) is 0 Å². The van der Waals surface area contributed by atoms with Gasteiger partial charge in [-0.2, -0.15) is 0 Å². The molecule has 1 aliphatic rings. The van der Waals surface area contributed by atoms with E-state index in [0.717, 1.165) is 0 Å². The maximum absolute atomic E-state index is 10.7. The summed E-state index contributed by atoms with van der Waals surface area (Å²) >= 11 is 0. The van der Waals surface area contributed by atoms with Gasteiger partial charge in [0, 0.05) is 0 Å². The molecule has 1 aliphatic heterocycles. The number of hydrogen-bond acceptors (Lipinski definition) is 13. The van der Waals surface area contributed by atoms with Crippen molar-refractivity contribution in [2.45, 2.75) is 49.0 Å². The first-order valence-corrected chi connectivity index (χ1v) is 9.23. The Morgan fingerprint density at radius 2 is 1.64 bits per heavy atom. The molecule has 0 radical (unpaired) electrons. The molecule has 12 N–H and O–H groups in total. The van der Waals surface area contributed by atoms with Gasteiger partial charge < -0.3 is 61.1 Å². The van der Waals surface area contributed by atoms with Crippen molar-refractivity contribution in [3.05, 3.63) is 0 Å². The first-order valence-electron chi connectivity index (χ1n) is 7.70. The second kappa shape index (κ2) is 12.2. The molecule has 1 unspecified atom stereocenters. The van der Waals surface area contributed by atoms with Crippen LogP contribution in [0.25, 0.3) is 0 Å². The van der Waals surface area contributed by atoms with Crippen LogP contribution in [0.2, 0.25) is 0 Å². The maximum atomic E-state index is 10.7. The van der Waals surface area contributed by atoms with E-state index in [1.165, 1.54) is 0 Å². The summed E-state index contributed by atoms with van der Waals surface area (Å²) in [5.74, 6) is -1.14. The molecule has 15 nitrogen and oxygen atoms in total. The van der Waals surface area contributed by atoms with Crippen molar-refractivity contribution >= 4 is 13.6 Å². The predicted octanol–water partition coefficient (Wildman–Crippen LogP) is -6.52. The molecule has 1 saturated heterocycles. The molecular formula is C12H26NO14P. The van der Waals surface area contributed by atoms with Gasteiger partial charge in [-0.05, 0) is 0 Å². The highest BCUT2D eigenvalue weighted by molar-refractivity contribution is 7.46. The molecule has 0 aliphatic carbocycles. The molecule has 0 aromatic heterocycles. The molecule has 16 heteroatoms. The number of aliphatic hydroxyl groups is 8. The first-order chi connectivity index (χ1) is 12.8. The van der Waals surface area contributed by atoms with Crippen LogP contribution in [0.1, 0.15) is 0 Å². The summed E-state index contributed by atoms with van der Waals surface area (Å²) in [5.41, 5.74) is 5.26. The Morgan fingerprint density at radius 1 is 1.11 bits per heavy atom. The van der Waals surface area contributed by atoms with Crippen molar-refractivity contribution in [2.75, 3.05) is 19.8 Å². The standard InChI is InChI=1S/C6H13NO5.C6H13O9P/c7-3-5(10)4(9)2(1-8)12-6(3)11;7-1-3(8)5(10)6(11)4(9)2-15-16(12,13)14/h2-6,8-11H,1,7H2;4-7,9-11H,1-2H2,(H2,12,13,14)/t2-,3-,4-,5-,6?;4-,5-,6-/m01/s1. The second-order valence-electron chi connectivity index (χ2n) is 5.72. The third kappa shape index (κ3) is 8.81. The third-order valence-corrected chi connectivity index (χ3v) is 4.05. The van der Waals surface area contributed by atoms with Gasteiger partial charge >= 0.3 is 7.82 Å². The molecule has 8 atom stereocenters. The average molecular weight is 439 g/mol. The summed E-state index contributed by atoms with van der Waals surface area (Å²) in [6.07, 6.45) is -10.8. The smallest absolute Gasteiger partial charge is 0.394 e. The number of carbonyl (C=O) groups excluding carboxylic acids is 1. The lowest BCUT2D eigenvalue weighted by Gasteiger charge is -2.38. The van der Waals surface area contributed by atoms with Gasteiger partial charge in [-0.3, -0.25) is 9.32 Å². The SMILES string of the molecule is N[C@@H]1C(O)O[C@@H](CO)[C@H](O)[C@H]1O.O=C(CO)[C@@H](O)[C@H](O)[C@H](O)COP(=O)(O)O. The molecule has 1 heterocycles. The average Bonchev–Trinajstić information content (AvgIpc) is 2.65. The molecule has 0 bridgehead atoms. The second-order valence-corrected chi connectivity index (χ2v) is 6.96. The number of Topliss-reactive ketones (excluding diaryl/α,β-unsaturated/α-hetero) is 1. The Bertz CT molecular complexity index is 512. The van der Waals surface area contributed by atoms with Gasteiger partial charge in [0.1, 0.15) is 43.2 Å². The zero-order chi connectivity index (χ0) is 22.2. The Hall–Kier alpha value is -0.620. The number of ketones is 1. The largest absolute Gasteiger partial charge is 0.469 e. The van der Waals surface area contributed by atoms with Crippen LogP contribution in [-0.4, -0.2) is 125 Å². The van der Waals surface area contributed by atoms with Crippen LogP contribution < -0.4 is 5.73 Å². The van der Waals surface area contributed by atoms with Crippen LogP contribution in [0.15, 0.2) is 0 Å². The van der Waals surface area contributed by atoms with E-state index in [9.17, 15) is 19.6 Å². The Kier molecular flexibility index (Phi) is 11.9. The zero-order valence-electron chi connectivity index (χ0n) is 14.4. The van der Waals surface area contributed by atoms with Crippen molar-refractivity contribution in [2.24, 2.45) is 5.73 Å². The number of carbonyl (C=O) groups is 1. The predicted molar refractivity (Wildman–Crippen MR) is 86.1 cm³/mol. The van der Waals surface area contributed by atoms with E-state index in [1.54, 1.807) is 0 Å². The van der Waals surface area contributed by atoms with E-state index in [2.05, 4.69) is 4.52 Å². The summed E-state index contributed by atoms with van der Waals surface area (Å²) < 4.78 is 18.8. The number of rotatable bonds is 8. The van der Waals surface area contributed by atoms with Crippen molar-refractivity contribution in [1.29, 1.82) is 0 Å². The van der Waals surface area contributed by atoms with Gasteiger partial charge in [-0.15, -0.1) is 0 Å². The first kappa shape index (κ1) is 27.4. The number of hydrogen-bond donors (Lipinski definition) is 11. The van der Waals surface area contributed by atoms with E-state index in [4.69, 9.17) is 50.9 Å². The van der Waals surface area contributed by atoms with Gasteiger partial charge in [-0.25, -0.2) is 4.57 Å². The highest BCUT2D eigenvalue weighted by Gasteiger charge is 2.41. The fourth-order valence-electron chi connectivity index (χ4n) is 1.88. The van der Waals surface area contributed by atoms with E-state index in [1.807, 2.05) is 0 Å². The fraction of sp³-hybridized carbons (Fsp3) is 0.917. The number of ether oxygens (including phenoxy) is 1. The van der Waals surface area contributed by atoms with Crippen LogP contribution in [0.4, 0.5) is 0 Å². The van der Waals surface area contributed by atoms with Crippen LogP contribution in [0.5, 0.6) is 0 Å². The van der Waals surface area contributed by atoms with Gasteiger partial charge in [0.05, 0.1) is 19.3 Å². The molecule has 0 saturated carbocycles. The number of phosphoric ester groups is 1. The molecular weight excluding hydrogens is 413 g/mol. The van der Waals surface area contributed by atoms with E-state index < -0.39 is 82.4 Å². The Balaban J connectivity index is 0.000000540. The third-order valence-electron chi connectivity index (χ3n) is 3.57. The van der Waals surface area contributed by atoms with Crippen LogP contribution >= 0.6 is 7.82 Å². The van der Waals surface area contributed by atoms with Crippen molar-refractivity contribution in [1.82, 2.24) is 0 Å². The number of aliphatic hydroxyl groups excluding tert-OH is 8. The summed E-state index contributed by atoms with van der Waals surface area (Å²) in [6, 6.07) is -1.04. The highest BCUT2D eigenvalue weighted by atomic mass is 31.2. The quantitative estimate of drug-likeness (QED) is 0.157. The Labute approximate surface area is 158 Å². The molecule has 0 spiro atoms. The molecule has 0 amide bonds. The topological polar surface area (TPSA) is 281 Å². The number of phosphoric acid groups is 1. The van der Waals surface area contributed by atoms with Crippen molar-refractivity contribution < 1.29 is 69.3 Å². The maximum Gasteiger partial charge on any atom is 0.469 e. The van der Waals surface area contributed by atoms with Crippen LogP contribution in [-0.2, 0) is 18.6 Å². The molecule has 0 aromatic rings. The zero-order valence-corrected chi connectivity index (χ0v) is 15.3. The minimum absolute atomic E-state index is 0.470. The summed E-state index contributed by atoms with van der Waals surface area (Å²) in [7, 11) is -4.81. The molecule has 168 valence electrons.